The fourth-order valence-electron chi connectivity index (χ4n) is 3.23. The maximum atomic E-state index is 12.0. The van der Waals surface area contributed by atoms with Crippen LogP contribution in [0.25, 0.3) is 0 Å². The average Bonchev–Trinajstić information content (AvgIpc) is 3.32. The third-order valence-electron chi connectivity index (χ3n) is 4.52. The molecule has 0 radical (unpaired) electrons. The standard InChI is InChI=1S/C18H24N6O2/c1-14(25)24-10-2-5-17(24)16-13-19-11-15(22-16)12-20-18(26)6-3-8-23-9-4-7-21-23/h4,7,9,11,13,17H,2-3,5-6,8,10,12H2,1H3,(H,20,26)/t17-/m1/s1. The Morgan fingerprint density at radius 2 is 2.23 bits per heavy atom. The fourth-order valence-corrected chi connectivity index (χ4v) is 3.23. The van der Waals surface area contributed by atoms with Gasteiger partial charge in [-0.1, -0.05) is 0 Å². The quantitative estimate of drug-likeness (QED) is 0.810. The lowest BCUT2D eigenvalue weighted by molar-refractivity contribution is -0.129. The first-order valence-electron chi connectivity index (χ1n) is 8.95. The van der Waals surface area contributed by atoms with Crippen LogP contribution in [0.4, 0.5) is 0 Å². The molecule has 1 aliphatic heterocycles. The number of aryl methyl sites for hydroxylation is 1. The molecule has 0 aromatic carbocycles. The molecule has 2 aromatic heterocycles. The number of rotatable bonds is 7. The first kappa shape index (κ1) is 18.0. The Balaban J connectivity index is 1.49. The van der Waals surface area contributed by atoms with Crippen LogP contribution in [0.15, 0.2) is 30.9 Å². The lowest BCUT2D eigenvalue weighted by Gasteiger charge is -2.22. The van der Waals surface area contributed by atoms with Crippen molar-refractivity contribution in [3.63, 3.8) is 0 Å². The van der Waals surface area contributed by atoms with Gasteiger partial charge in [0, 0.05) is 38.8 Å². The summed E-state index contributed by atoms with van der Waals surface area (Å²) in [5, 5.41) is 6.99. The minimum absolute atomic E-state index is 0.00952. The molecular weight excluding hydrogens is 332 g/mol. The molecule has 0 spiro atoms. The van der Waals surface area contributed by atoms with Crippen molar-refractivity contribution in [1.29, 1.82) is 0 Å². The Hall–Kier alpha value is -2.77. The van der Waals surface area contributed by atoms with E-state index in [1.54, 1.807) is 25.5 Å². The normalized spacial score (nSPS) is 16.7. The van der Waals surface area contributed by atoms with Gasteiger partial charge in [0.05, 0.1) is 36.4 Å². The predicted molar refractivity (Wildman–Crippen MR) is 94.7 cm³/mol. The van der Waals surface area contributed by atoms with Gasteiger partial charge in [-0.05, 0) is 25.3 Å². The number of hydrogen-bond acceptors (Lipinski definition) is 5. The number of likely N-dealkylation sites (tertiary alicyclic amines) is 1. The highest BCUT2D eigenvalue weighted by Crippen LogP contribution is 2.30. The number of carbonyl (C=O) groups excluding carboxylic acids is 2. The largest absolute Gasteiger partial charge is 0.350 e. The van der Waals surface area contributed by atoms with E-state index in [4.69, 9.17) is 0 Å². The molecule has 138 valence electrons. The Morgan fingerprint density at radius 3 is 3.00 bits per heavy atom. The van der Waals surface area contributed by atoms with Crippen LogP contribution in [0.2, 0.25) is 0 Å². The Morgan fingerprint density at radius 1 is 1.35 bits per heavy atom. The van der Waals surface area contributed by atoms with Crippen molar-refractivity contribution in [2.24, 2.45) is 0 Å². The maximum absolute atomic E-state index is 12.0. The minimum atomic E-state index is -0.0180. The van der Waals surface area contributed by atoms with Gasteiger partial charge in [-0.2, -0.15) is 5.10 Å². The van der Waals surface area contributed by atoms with Crippen molar-refractivity contribution in [2.45, 2.75) is 51.7 Å². The van der Waals surface area contributed by atoms with Crippen molar-refractivity contribution >= 4 is 11.8 Å². The topological polar surface area (TPSA) is 93.0 Å². The van der Waals surface area contributed by atoms with Gasteiger partial charge in [0.2, 0.25) is 11.8 Å². The maximum Gasteiger partial charge on any atom is 0.220 e. The van der Waals surface area contributed by atoms with Gasteiger partial charge in [0.25, 0.3) is 0 Å². The van der Waals surface area contributed by atoms with E-state index in [-0.39, 0.29) is 17.9 Å². The summed E-state index contributed by atoms with van der Waals surface area (Å²) < 4.78 is 1.81. The lowest BCUT2D eigenvalue weighted by atomic mass is 10.1. The van der Waals surface area contributed by atoms with E-state index in [0.717, 1.165) is 38.0 Å². The van der Waals surface area contributed by atoms with E-state index in [0.29, 0.717) is 18.7 Å². The molecule has 0 bridgehead atoms. The van der Waals surface area contributed by atoms with Crippen LogP contribution in [-0.4, -0.2) is 43.0 Å². The summed E-state index contributed by atoms with van der Waals surface area (Å²) in [7, 11) is 0. The van der Waals surface area contributed by atoms with E-state index in [1.807, 2.05) is 21.8 Å². The molecule has 8 nitrogen and oxygen atoms in total. The second-order valence-electron chi connectivity index (χ2n) is 6.46. The average molecular weight is 356 g/mol. The molecule has 2 amide bonds. The smallest absolute Gasteiger partial charge is 0.220 e. The molecular formula is C18H24N6O2. The number of amides is 2. The molecule has 3 rings (SSSR count). The van der Waals surface area contributed by atoms with Gasteiger partial charge in [0.1, 0.15) is 0 Å². The summed E-state index contributed by atoms with van der Waals surface area (Å²) in [6.45, 7) is 3.41. The summed E-state index contributed by atoms with van der Waals surface area (Å²) in [5.74, 6) is 0.0424. The van der Waals surface area contributed by atoms with Crippen molar-refractivity contribution in [2.75, 3.05) is 6.54 Å². The van der Waals surface area contributed by atoms with Gasteiger partial charge in [-0.25, -0.2) is 0 Å². The molecule has 8 heteroatoms. The monoisotopic (exact) mass is 356 g/mol. The first-order chi connectivity index (χ1) is 12.6. The number of nitrogens with zero attached hydrogens (tertiary/aromatic N) is 5. The van der Waals surface area contributed by atoms with Gasteiger partial charge in [0.15, 0.2) is 0 Å². The van der Waals surface area contributed by atoms with Gasteiger partial charge in [-0.3, -0.25) is 24.2 Å². The minimum Gasteiger partial charge on any atom is -0.350 e. The third kappa shape index (κ3) is 4.65. The SMILES string of the molecule is CC(=O)N1CCC[C@@H]1c1cncc(CNC(=O)CCCn2cccn2)n1. The molecule has 1 aliphatic rings. The van der Waals surface area contributed by atoms with E-state index >= 15 is 0 Å². The van der Waals surface area contributed by atoms with Crippen LogP contribution >= 0.6 is 0 Å². The molecule has 26 heavy (non-hydrogen) atoms. The zero-order chi connectivity index (χ0) is 18.4. The number of carbonyl (C=O) groups is 2. The number of nitrogens with one attached hydrogen (secondary N) is 1. The molecule has 1 atom stereocenters. The van der Waals surface area contributed by atoms with Crippen LogP contribution in [-0.2, 0) is 22.7 Å². The molecule has 0 unspecified atom stereocenters. The fraction of sp³-hybridized carbons (Fsp3) is 0.500. The second-order valence-corrected chi connectivity index (χ2v) is 6.46. The summed E-state index contributed by atoms with van der Waals surface area (Å²) in [6, 6.07) is 1.85. The highest BCUT2D eigenvalue weighted by Gasteiger charge is 2.29. The summed E-state index contributed by atoms with van der Waals surface area (Å²) in [6.07, 6.45) is 10.0. The third-order valence-corrected chi connectivity index (χ3v) is 4.52. The van der Waals surface area contributed by atoms with Crippen molar-refractivity contribution in [3.05, 3.63) is 42.2 Å². The second kappa shape index (κ2) is 8.55. The Kier molecular flexibility index (Phi) is 5.93. The molecule has 0 aliphatic carbocycles. The first-order valence-corrected chi connectivity index (χ1v) is 8.95. The Bertz CT molecular complexity index is 746. The van der Waals surface area contributed by atoms with Crippen molar-refractivity contribution in [1.82, 2.24) is 30.0 Å². The van der Waals surface area contributed by atoms with E-state index in [9.17, 15) is 9.59 Å². The summed E-state index contributed by atoms with van der Waals surface area (Å²) in [5.41, 5.74) is 1.50. The van der Waals surface area contributed by atoms with Crippen molar-refractivity contribution in [3.8, 4) is 0 Å². The zero-order valence-corrected chi connectivity index (χ0v) is 15.0. The number of aromatic nitrogens is 4. The number of hydrogen-bond donors (Lipinski definition) is 1. The summed E-state index contributed by atoms with van der Waals surface area (Å²) >= 11 is 0. The Labute approximate surface area is 152 Å². The summed E-state index contributed by atoms with van der Waals surface area (Å²) in [4.78, 5) is 34.4. The van der Waals surface area contributed by atoms with Crippen molar-refractivity contribution < 1.29 is 9.59 Å². The molecule has 3 heterocycles. The zero-order valence-electron chi connectivity index (χ0n) is 15.0. The lowest BCUT2D eigenvalue weighted by Crippen LogP contribution is -2.29. The van der Waals surface area contributed by atoms with Gasteiger partial charge >= 0.3 is 0 Å². The molecule has 0 saturated carbocycles. The molecule has 1 fully saturated rings. The van der Waals surface area contributed by atoms with Crippen LogP contribution in [0.3, 0.4) is 0 Å². The van der Waals surface area contributed by atoms with Gasteiger partial charge in [-0.15, -0.1) is 0 Å². The molecule has 2 aromatic rings. The van der Waals surface area contributed by atoms with E-state index < -0.39 is 0 Å². The van der Waals surface area contributed by atoms with Crippen LogP contribution in [0.1, 0.15) is 50.0 Å². The molecule has 1 saturated heterocycles. The van der Waals surface area contributed by atoms with E-state index in [1.165, 1.54) is 0 Å². The van der Waals surface area contributed by atoms with Crippen LogP contribution < -0.4 is 5.32 Å². The molecule has 1 N–H and O–H groups in total. The van der Waals surface area contributed by atoms with Crippen LogP contribution in [0, 0.1) is 0 Å². The highest BCUT2D eigenvalue weighted by molar-refractivity contribution is 5.75. The predicted octanol–water partition coefficient (Wildman–Crippen LogP) is 1.45. The van der Waals surface area contributed by atoms with Crippen LogP contribution in [0.5, 0.6) is 0 Å². The highest BCUT2D eigenvalue weighted by atomic mass is 16.2. The van der Waals surface area contributed by atoms with Gasteiger partial charge < -0.3 is 10.2 Å². The van der Waals surface area contributed by atoms with E-state index in [2.05, 4.69) is 20.4 Å².